The molecular formula is C8H8IN5. The topological polar surface area (TPSA) is 55.6 Å². The van der Waals surface area contributed by atoms with Crippen LogP contribution in [0.3, 0.4) is 0 Å². The molecule has 0 spiro atoms. The van der Waals surface area contributed by atoms with Crippen LogP contribution in [0.2, 0.25) is 0 Å². The van der Waals surface area contributed by atoms with E-state index in [9.17, 15) is 0 Å². The molecule has 0 aromatic carbocycles. The molecule has 6 heteroatoms. The van der Waals surface area contributed by atoms with Gasteiger partial charge in [-0.3, -0.25) is 4.98 Å². The van der Waals surface area contributed by atoms with Crippen molar-refractivity contribution in [3.05, 3.63) is 28.4 Å². The van der Waals surface area contributed by atoms with E-state index in [1.54, 1.807) is 30.3 Å². The van der Waals surface area contributed by atoms with E-state index in [4.69, 9.17) is 0 Å². The van der Waals surface area contributed by atoms with Crippen LogP contribution in [0, 0.1) is 3.57 Å². The fraction of sp³-hybridized carbons (Fsp3) is 0.125. The Labute approximate surface area is 94.7 Å². The van der Waals surface area contributed by atoms with Gasteiger partial charge in [-0.1, -0.05) is 0 Å². The summed E-state index contributed by atoms with van der Waals surface area (Å²) in [4.78, 5) is 8.35. The second-order valence-electron chi connectivity index (χ2n) is 2.62. The van der Waals surface area contributed by atoms with Crippen molar-refractivity contribution in [2.75, 3.05) is 12.4 Å². The molecule has 1 N–H and O–H groups in total. The quantitative estimate of drug-likeness (QED) is 0.850. The zero-order chi connectivity index (χ0) is 9.97. The van der Waals surface area contributed by atoms with Crippen molar-refractivity contribution in [1.29, 1.82) is 0 Å². The normalized spacial score (nSPS) is 10.1. The number of nitrogens with zero attached hydrogens (tertiary/aromatic N) is 4. The molecule has 5 nitrogen and oxygen atoms in total. The second kappa shape index (κ2) is 3.91. The summed E-state index contributed by atoms with van der Waals surface area (Å²) in [6, 6.07) is 0. The predicted octanol–water partition coefficient (Wildman–Crippen LogP) is 1.31. The molecule has 2 heterocycles. The Kier molecular flexibility index (Phi) is 2.62. The van der Waals surface area contributed by atoms with Crippen molar-refractivity contribution in [2.24, 2.45) is 0 Å². The molecule has 0 saturated carbocycles. The number of hydrogen-bond acceptors (Lipinski definition) is 4. The van der Waals surface area contributed by atoms with Gasteiger partial charge in [-0.2, -0.15) is 5.10 Å². The van der Waals surface area contributed by atoms with Crippen LogP contribution >= 0.6 is 22.6 Å². The summed E-state index contributed by atoms with van der Waals surface area (Å²) in [5.41, 5.74) is 0. The number of halogens is 1. The Balaban J connectivity index is 2.41. The number of anilines is 1. The lowest BCUT2D eigenvalue weighted by Crippen LogP contribution is -2.01. The van der Waals surface area contributed by atoms with Gasteiger partial charge in [0.25, 0.3) is 0 Å². The maximum atomic E-state index is 4.30. The summed E-state index contributed by atoms with van der Waals surface area (Å²) in [6.45, 7) is 0. The van der Waals surface area contributed by atoms with E-state index >= 15 is 0 Å². The molecule has 0 aliphatic carbocycles. The minimum Gasteiger partial charge on any atom is -0.372 e. The average molecular weight is 301 g/mol. The molecule has 72 valence electrons. The highest BCUT2D eigenvalue weighted by Crippen LogP contribution is 2.08. The first kappa shape index (κ1) is 9.38. The summed E-state index contributed by atoms with van der Waals surface area (Å²) in [7, 11) is 1.81. The SMILES string of the molecule is CNc1cncc(-n2cc(I)cn2)n1. The van der Waals surface area contributed by atoms with Crippen molar-refractivity contribution < 1.29 is 0 Å². The van der Waals surface area contributed by atoms with Gasteiger partial charge in [-0.25, -0.2) is 9.67 Å². The number of nitrogens with one attached hydrogen (secondary N) is 1. The number of rotatable bonds is 2. The highest BCUT2D eigenvalue weighted by Gasteiger charge is 2.01. The van der Waals surface area contributed by atoms with Crippen LogP contribution in [0.1, 0.15) is 0 Å². The van der Waals surface area contributed by atoms with Crippen molar-refractivity contribution in [1.82, 2.24) is 19.7 Å². The van der Waals surface area contributed by atoms with Gasteiger partial charge in [0, 0.05) is 13.2 Å². The third kappa shape index (κ3) is 1.84. The van der Waals surface area contributed by atoms with Gasteiger partial charge in [0.15, 0.2) is 5.82 Å². The lowest BCUT2D eigenvalue weighted by Gasteiger charge is -2.01. The molecule has 2 aromatic heterocycles. The number of aromatic nitrogens is 4. The van der Waals surface area contributed by atoms with E-state index in [2.05, 4.69) is 43.0 Å². The summed E-state index contributed by atoms with van der Waals surface area (Å²) in [6.07, 6.45) is 7.00. The zero-order valence-corrected chi connectivity index (χ0v) is 9.63. The Morgan fingerprint density at radius 1 is 1.36 bits per heavy atom. The Hall–Kier alpha value is -1.18. The van der Waals surface area contributed by atoms with E-state index in [-0.39, 0.29) is 0 Å². The lowest BCUT2D eigenvalue weighted by molar-refractivity contribution is 0.839. The second-order valence-corrected chi connectivity index (χ2v) is 3.86. The molecule has 2 aromatic rings. The highest BCUT2D eigenvalue weighted by atomic mass is 127. The van der Waals surface area contributed by atoms with Crippen LogP contribution in [0.25, 0.3) is 5.82 Å². The van der Waals surface area contributed by atoms with Crippen LogP contribution in [0.4, 0.5) is 5.82 Å². The fourth-order valence-corrected chi connectivity index (χ4v) is 1.40. The van der Waals surface area contributed by atoms with Gasteiger partial charge in [0.05, 0.1) is 22.2 Å². The first-order valence-corrected chi connectivity index (χ1v) is 5.08. The zero-order valence-electron chi connectivity index (χ0n) is 7.48. The molecule has 0 fully saturated rings. The maximum absolute atomic E-state index is 4.30. The lowest BCUT2D eigenvalue weighted by atomic mass is 10.6. The monoisotopic (exact) mass is 301 g/mol. The van der Waals surface area contributed by atoms with Gasteiger partial charge in [-0.05, 0) is 22.6 Å². The van der Waals surface area contributed by atoms with Crippen LogP contribution in [-0.4, -0.2) is 26.8 Å². The van der Waals surface area contributed by atoms with Crippen LogP contribution < -0.4 is 5.32 Å². The van der Waals surface area contributed by atoms with Crippen LogP contribution in [0.15, 0.2) is 24.8 Å². The van der Waals surface area contributed by atoms with Crippen molar-refractivity contribution in [3.63, 3.8) is 0 Å². The minimum absolute atomic E-state index is 0.708. The third-order valence-corrected chi connectivity index (χ3v) is 2.22. The van der Waals surface area contributed by atoms with Crippen LogP contribution in [0.5, 0.6) is 0 Å². The van der Waals surface area contributed by atoms with E-state index < -0.39 is 0 Å². The largest absolute Gasteiger partial charge is 0.372 e. The van der Waals surface area contributed by atoms with Gasteiger partial charge in [0.2, 0.25) is 0 Å². The Morgan fingerprint density at radius 2 is 2.21 bits per heavy atom. The molecular weight excluding hydrogens is 293 g/mol. The Morgan fingerprint density at radius 3 is 2.86 bits per heavy atom. The first-order chi connectivity index (χ1) is 6.79. The van der Waals surface area contributed by atoms with Gasteiger partial charge in [-0.15, -0.1) is 0 Å². The molecule has 0 aliphatic rings. The van der Waals surface area contributed by atoms with E-state index in [1.807, 2.05) is 6.20 Å². The van der Waals surface area contributed by atoms with Gasteiger partial charge in [0.1, 0.15) is 5.82 Å². The highest BCUT2D eigenvalue weighted by molar-refractivity contribution is 14.1. The maximum Gasteiger partial charge on any atom is 0.174 e. The van der Waals surface area contributed by atoms with Crippen molar-refractivity contribution in [2.45, 2.75) is 0 Å². The Bertz CT molecular complexity index is 439. The molecule has 0 saturated heterocycles. The summed E-state index contributed by atoms with van der Waals surface area (Å²) >= 11 is 2.20. The van der Waals surface area contributed by atoms with Crippen molar-refractivity contribution >= 4 is 28.4 Å². The predicted molar refractivity (Wildman–Crippen MR) is 61.4 cm³/mol. The molecule has 0 unspecified atom stereocenters. The van der Waals surface area contributed by atoms with E-state index in [0.29, 0.717) is 5.82 Å². The molecule has 2 rings (SSSR count). The smallest absolute Gasteiger partial charge is 0.174 e. The molecule has 0 aliphatic heterocycles. The molecule has 14 heavy (non-hydrogen) atoms. The molecule has 0 radical (unpaired) electrons. The van der Waals surface area contributed by atoms with E-state index in [0.717, 1.165) is 9.39 Å². The first-order valence-electron chi connectivity index (χ1n) is 4.00. The minimum atomic E-state index is 0.708. The number of hydrogen-bond donors (Lipinski definition) is 1. The van der Waals surface area contributed by atoms with Crippen LogP contribution in [-0.2, 0) is 0 Å². The standard InChI is InChI=1S/C8H8IN5/c1-10-7-3-11-4-8(13-7)14-5-6(9)2-12-14/h2-5H,1H3,(H,10,13). The summed E-state index contributed by atoms with van der Waals surface area (Å²) in [5, 5.41) is 7.07. The van der Waals surface area contributed by atoms with E-state index in [1.165, 1.54) is 0 Å². The molecule has 0 atom stereocenters. The van der Waals surface area contributed by atoms with Crippen molar-refractivity contribution in [3.8, 4) is 5.82 Å². The van der Waals surface area contributed by atoms with Gasteiger partial charge < -0.3 is 5.32 Å². The summed E-state index contributed by atoms with van der Waals surface area (Å²) < 4.78 is 2.76. The third-order valence-electron chi connectivity index (χ3n) is 1.66. The van der Waals surface area contributed by atoms with Gasteiger partial charge >= 0.3 is 0 Å². The molecule has 0 bridgehead atoms. The molecule has 0 amide bonds. The summed E-state index contributed by atoms with van der Waals surface area (Å²) in [5.74, 6) is 1.44. The average Bonchev–Trinajstić information content (AvgIpc) is 2.65. The fourth-order valence-electron chi connectivity index (χ4n) is 1.01.